The molecule has 3 aromatic heterocycles. The Bertz CT molecular complexity index is 1890. The lowest BCUT2D eigenvalue weighted by atomic mass is 9.77. The minimum atomic E-state index is -5.82. The number of aryl methyl sites for hydroxylation is 1. The Morgan fingerprint density at radius 1 is 1.04 bits per heavy atom. The molecule has 2 aliphatic rings. The lowest BCUT2D eigenvalue weighted by Gasteiger charge is -2.48. The number of hydrogen-bond acceptors (Lipinski definition) is 8. The minimum Gasteiger partial charge on any atom is -0.505 e. The quantitative estimate of drug-likeness (QED) is 0.257. The number of amides is 1. The Morgan fingerprint density at radius 2 is 1.74 bits per heavy atom. The van der Waals surface area contributed by atoms with E-state index in [0.29, 0.717) is 0 Å². The summed E-state index contributed by atoms with van der Waals surface area (Å²) in [5.74, 6) is -8.59. The van der Waals surface area contributed by atoms with Crippen LogP contribution in [-0.2, 0) is 16.6 Å². The summed E-state index contributed by atoms with van der Waals surface area (Å²) in [6.45, 7) is -0.716. The number of phenolic OH excluding ortho intramolecular Hbond substituents is 1. The molecule has 0 saturated carbocycles. The molecule has 0 radical (unpaired) electrons. The third-order valence-corrected chi connectivity index (χ3v) is 8.09. The van der Waals surface area contributed by atoms with E-state index in [0.717, 1.165) is 17.0 Å². The van der Waals surface area contributed by atoms with Gasteiger partial charge in [-0.1, -0.05) is 6.07 Å². The van der Waals surface area contributed by atoms with Crippen LogP contribution in [0.3, 0.4) is 0 Å². The van der Waals surface area contributed by atoms with Gasteiger partial charge in [0, 0.05) is 25.0 Å². The van der Waals surface area contributed by atoms with Crippen molar-refractivity contribution in [2.24, 2.45) is 0 Å². The van der Waals surface area contributed by atoms with Crippen molar-refractivity contribution in [3.05, 3.63) is 59.4 Å². The molecule has 0 bridgehead atoms. The Balaban J connectivity index is 1.50. The van der Waals surface area contributed by atoms with Crippen molar-refractivity contribution >= 4 is 23.2 Å². The van der Waals surface area contributed by atoms with Gasteiger partial charge < -0.3 is 24.8 Å². The van der Waals surface area contributed by atoms with Crippen LogP contribution in [0.4, 0.5) is 51.1 Å². The molecule has 1 atom stereocenters. The van der Waals surface area contributed by atoms with Gasteiger partial charge in [0.25, 0.3) is 0 Å². The molecule has 1 fully saturated rings. The number of carbonyl (C=O) groups is 1. The van der Waals surface area contributed by atoms with Gasteiger partial charge in [0.2, 0.25) is 5.91 Å². The number of aromatic hydroxyl groups is 1. The molecule has 1 saturated heterocycles. The Hall–Kier alpha value is -4.68. The topological polar surface area (TPSA) is 129 Å². The van der Waals surface area contributed by atoms with Gasteiger partial charge in [0.05, 0.1) is 24.3 Å². The molecule has 5 heterocycles. The first-order chi connectivity index (χ1) is 21.2. The summed E-state index contributed by atoms with van der Waals surface area (Å²) in [5.41, 5.74) is -5.62. The summed E-state index contributed by atoms with van der Waals surface area (Å²) < 4.78 is 122. The maximum absolute atomic E-state index is 13.9. The number of nitrogens with zero attached hydrogens (tertiary/aromatic N) is 6. The van der Waals surface area contributed by atoms with Crippen LogP contribution >= 0.6 is 0 Å². The van der Waals surface area contributed by atoms with Crippen molar-refractivity contribution in [2.45, 2.75) is 49.1 Å². The van der Waals surface area contributed by atoms with Crippen molar-refractivity contribution in [1.82, 2.24) is 24.3 Å². The molecule has 1 unspecified atom stereocenters. The minimum absolute atomic E-state index is 0.0118. The fourth-order valence-electron chi connectivity index (χ4n) is 5.39. The number of halogens is 9. The molecule has 4 aromatic rings. The molecule has 1 aromatic carbocycles. The third kappa shape index (κ3) is 4.74. The average molecular weight is 661 g/mol. The standard InChI is InChI=1S/C27H20F9N7O3/c1-23(12-2-3-13(28)16(44)8-12)17-19(41-22(23)45)39-18(40-21(17)43-10-24(46,11-43)26(31,32)33)15-9-42-7-6-37-20(42)14(38-15)4-5-25(29,30)27(34,35)36/h2-3,6-9,44,46H,4-5,10-11H2,1H3,(H,39,40,41,45). The summed E-state index contributed by atoms with van der Waals surface area (Å²) in [6.07, 6.45) is -9.63. The van der Waals surface area contributed by atoms with E-state index in [1.54, 1.807) is 0 Å². The van der Waals surface area contributed by atoms with Crippen LogP contribution in [0, 0.1) is 5.82 Å². The molecular weight excluding hydrogens is 641 g/mol. The zero-order chi connectivity index (χ0) is 33.6. The van der Waals surface area contributed by atoms with E-state index >= 15 is 0 Å². The second-order valence-corrected chi connectivity index (χ2v) is 11.2. The molecule has 46 heavy (non-hydrogen) atoms. The second-order valence-electron chi connectivity index (χ2n) is 11.2. The van der Waals surface area contributed by atoms with E-state index in [2.05, 4.69) is 25.3 Å². The number of alkyl halides is 8. The predicted molar refractivity (Wildman–Crippen MR) is 140 cm³/mol. The summed E-state index contributed by atoms with van der Waals surface area (Å²) in [4.78, 5) is 31.2. The van der Waals surface area contributed by atoms with Crippen LogP contribution in [0.15, 0.2) is 36.8 Å². The van der Waals surface area contributed by atoms with Crippen LogP contribution in [-0.4, -0.2) is 77.4 Å². The lowest BCUT2D eigenvalue weighted by molar-refractivity contribution is -0.284. The number of benzene rings is 1. The largest absolute Gasteiger partial charge is 0.505 e. The monoisotopic (exact) mass is 661 g/mol. The Labute approximate surface area is 251 Å². The normalized spacial score (nSPS) is 19.7. The molecule has 2 aliphatic heterocycles. The van der Waals surface area contributed by atoms with E-state index < -0.39 is 72.7 Å². The molecule has 19 heteroatoms. The molecule has 1 amide bonds. The van der Waals surface area contributed by atoms with Gasteiger partial charge in [0.15, 0.2) is 28.6 Å². The van der Waals surface area contributed by atoms with Crippen molar-refractivity contribution < 1.29 is 54.5 Å². The first kappa shape index (κ1) is 31.3. The highest BCUT2D eigenvalue weighted by Crippen LogP contribution is 2.50. The molecule has 6 rings (SSSR count). The second kappa shape index (κ2) is 9.91. The van der Waals surface area contributed by atoms with Gasteiger partial charge in [-0.25, -0.2) is 24.3 Å². The SMILES string of the molecule is CC1(c2ccc(F)c(O)c2)C(=O)Nc2nc(-c3cn4ccnc4c(CCC(F)(F)C(F)(F)F)n3)nc(N3CC(O)(C(F)(F)F)C3)c21. The number of hydrogen-bond donors (Lipinski definition) is 3. The maximum Gasteiger partial charge on any atom is 0.453 e. The summed E-state index contributed by atoms with van der Waals surface area (Å²) in [7, 11) is 0. The summed E-state index contributed by atoms with van der Waals surface area (Å²) in [5, 5.41) is 22.6. The maximum atomic E-state index is 13.9. The number of β-amino-alcohol motifs (C(OH)–C–C–N with tert-alkyl or cyclic N) is 1. The lowest BCUT2D eigenvalue weighted by Crippen LogP contribution is -2.69. The number of anilines is 2. The van der Waals surface area contributed by atoms with Crippen LogP contribution in [0.25, 0.3) is 17.2 Å². The molecule has 3 N–H and O–H groups in total. The molecule has 0 spiro atoms. The van der Waals surface area contributed by atoms with Crippen molar-refractivity contribution in [1.29, 1.82) is 0 Å². The van der Waals surface area contributed by atoms with Gasteiger partial charge in [-0.15, -0.1) is 0 Å². The van der Waals surface area contributed by atoms with Crippen LogP contribution < -0.4 is 10.2 Å². The highest BCUT2D eigenvalue weighted by atomic mass is 19.4. The number of phenols is 1. The zero-order valence-corrected chi connectivity index (χ0v) is 23.2. The summed E-state index contributed by atoms with van der Waals surface area (Å²) >= 11 is 0. The van der Waals surface area contributed by atoms with Gasteiger partial charge in [-0.3, -0.25) is 4.79 Å². The van der Waals surface area contributed by atoms with Gasteiger partial charge in [0.1, 0.15) is 22.7 Å². The van der Waals surface area contributed by atoms with Gasteiger partial charge in [-0.2, -0.15) is 35.1 Å². The number of imidazole rings is 1. The van der Waals surface area contributed by atoms with Crippen LogP contribution in [0.1, 0.15) is 30.2 Å². The molecule has 0 aliphatic carbocycles. The third-order valence-electron chi connectivity index (χ3n) is 8.09. The van der Waals surface area contributed by atoms with E-state index in [1.165, 1.54) is 36.0 Å². The highest BCUT2D eigenvalue weighted by molar-refractivity contribution is 6.09. The van der Waals surface area contributed by atoms with Crippen LogP contribution in [0.2, 0.25) is 0 Å². The number of aliphatic hydroxyl groups is 1. The molecular formula is C27H20F9N7O3. The fraction of sp³-hybridized carbons (Fsp3) is 0.370. The predicted octanol–water partition coefficient (Wildman–Crippen LogP) is 4.53. The van der Waals surface area contributed by atoms with Gasteiger partial charge >= 0.3 is 18.3 Å². The Morgan fingerprint density at radius 3 is 2.37 bits per heavy atom. The number of aromatic nitrogens is 5. The van der Waals surface area contributed by atoms with Crippen molar-refractivity contribution in [3.8, 4) is 17.3 Å². The van der Waals surface area contributed by atoms with Gasteiger partial charge in [-0.05, 0) is 31.0 Å². The number of nitrogens with one attached hydrogen (secondary N) is 1. The number of carbonyl (C=O) groups excluding carboxylic acids is 1. The van der Waals surface area contributed by atoms with E-state index in [4.69, 9.17) is 0 Å². The molecule has 10 nitrogen and oxygen atoms in total. The summed E-state index contributed by atoms with van der Waals surface area (Å²) in [6, 6.07) is 2.98. The molecule has 244 valence electrons. The van der Waals surface area contributed by atoms with E-state index in [-0.39, 0.29) is 45.6 Å². The number of fused-ring (bicyclic) bond motifs is 2. The van der Waals surface area contributed by atoms with E-state index in [9.17, 15) is 54.5 Å². The first-order valence-corrected chi connectivity index (χ1v) is 13.3. The van der Waals surface area contributed by atoms with E-state index in [1.807, 2.05) is 0 Å². The number of rotatable bonds is 6. The fourth-order valence-corrected chi connectivity index (χ4v) is 5.39. The first-order valence-electron chi connectivity index (χ1n) is 13.3. The zero-order valence-electron chi connectivity index (χ0n) is 23.2. The smallest absolute Gasteiger partial charge is 0.453 e. The van der Waals surface area contributed by atoms with Crippen molar-refractivity contribution in [2.75, 3.05) is 23.3 Å². The average Bonchev–Trinajstić information content (AvgIpc) is 3.52. The van der Waals surface area contributed by atoms with Crippen LogP contribution in [0.5, 0.6) is 5.75 Å². The van der Waals surface area contributed by atoms with Crippen molar-refractivity contribution in [3.63, 3.8) is 0 Å². The highest BCUT2D eigenvalue weighted by Gasteiger charge is 2.62. The Kier molecular flexibility index (Phi) is 6.74.